The number of carbonyl (C=O) groups excluding carboxylic acids is 5. The van der Waals surface area contributed by atoms with E-state index >= 15 is 0 Å². The van der Waals surface area contributed by atoms with Crippen LogP contribution in [0.4, 0.5) is 0 Å². The summed E-state index contributed by atoms with van der Waals surface area (Å²) in [4.78, 5) is 92.6. The number of unbranched alkanes of at least 4 members (excludes halogenated alkanes) is 6. The van der Waals surface area contributed by atoms with Crippen molar-refractivity contribution in [2.45, 2.75) is 95.4 Å². The summed E-state index contributed by atoms with van der Waals surface area (Å²) >= 11 is 0. The van der Waals surface area contributed by atoms with Gasteiger partial charge in [0.05, 0.1) is 51.8 Å². The second-order valence-corrected chi connectivity index (χ2v) is 13.1. The number of carboxylic acid groups (broad SMARTS) is 3. The number of benzene rings is 1. The van der Waals surface area contributed by atoms with Crippen LogP contribution in [-0.2, 0) is 52.5 Å². The Morgan fingerprint density at radius 3 is 1.76 bits per heavy atom. The lowest BCUT2D eigenvalue weighted by atomic mass is 10.1. The number of hydrogen-bond donors (Lipinski definition) is 7. The Labute approximate surface area is 343 Å². The van der Waals surface area contributed by atoms with Crippen molar-refractivity contribution in [3.63, 3.8) is 0 Å². The van der Waals surface area contributed by atoms with Crippen molar-refractivity contribution in [3.05, 3.63) is 29.8 Å². The molecule has 0 aliphatic heterocycles. The second-order valence-electron chi connectivity index (χ2n) is 13.1. The molecule has 0 aliphatic rings. The van der Waals surface area contributed by atoms with Gasteiger partial charge in [-0.05, 0) is 49.9 Å². The van der Waals surface area contributed by atoms with Crippen LogP contribution in [0.25, 0.3) is 0 Å². The standard InChI is InChI=1S/C39H59N4O16/c44-19-23-57-25-24-55-22-18-41-36(28-45)59-27-26-56-21-17-40-33(46)15-13-31(38(51)52)43-35(48)16-14-32(39(53)54)42-34(47)8-6-4-2-1-3-5-7-20-58-30-11-9-29(10-12-30)37(49)50/h9-12,28,31-32,36,41H,1-8,13-18,20-27H2,(H,40,46)(H,42,47)(H,43,48)(H,49,50)(H,51,52)(H,53,54)/t31-,32-,36?/m0/s1. The van der Waals surface area contributed by atoms with Gasteiger partial charge in [0.15, 0.2) is 12.5 Å². The molecule has 0 saturated carbocycles. The third kappa shape index (κ3) is 28.1. The van der Waals surface area contributed by atoms with Gasteiger partial charge in [-0.1, -0.05) is 32.1 Å². The van der Waals surface area contributed by atoms with E-state index in [1.54, 1.807) is 18.4 Å². The fraction of sp³-hybridized carbons (Fsp3) is 0.641. The van der Waals surface area contributed by atoms with Gasteiger partial charge in [0, 0.05) is 32.4 Å². The van der Waals surface area contributed by atoms with Crippen LogP contribution >= 0.6 is 0 Å². The fourth-order valence-corrected chi connectivity index (χ4v) is 5.19. The van der Waals surface area contributed by atoms with E-state index in [9.17, 15) is 48.6 Å². The predicted molar refractivity (Wildman–Crippen MR) is 208 cm³/mol. The first-order chi connectivity index (χ1) is 28.5. The highest BCUT2D eigenvalue weighted by atomic mass is 16.5. The van der Waals surface area contributed by atoms with Gasteiger partial charge >= 0.3 is 17.9 Å². The minimum Gasteiger partial charge on any atom is -0.494 e. The van der Waals surface area contributed by atoms with E-state index in [-0.39, 0.29) is 90.5 Å². The third-order valence-corrected chi connectivity index (χ3v) is 8.35. The molecule has 1 aromatic rings. The number of rotatable bonds is 39. The molecule has 0 aliphatic carbocycles. The molecule has 0 spiro atoms. The zero-order valence-corrected chi connectivity index (χ0v) is 33.3. The lowest BCUT2D eigenvalue weighted by Gasteiger charge is -2.17. The summed E-state index contributed by atoms with van der Waals surface area (Å²) in [5.41, 5.74) is 0.196. The fourth-order valence-electron chi connectivity index (χ4n) is 5.19. The van der Waals surface area contributed by atoms with Crippen LogP contribution in [0, 0.1) is 0 Å². The van der Waals surface area contributed by atoms with Crippen LogP contribution in [0.2, 0.25) is 0 Å². The maximum Gasteiger partial charge on any atom is 0.335 e. The van der Waals surface area contributed by atoms with E-state index in [4.69, 9.17) is 28.8 Å². The van der Waals surface area contributed by atoms with Gasteiger partial charge in [-0.2, -0.15) is 0 Å². The van der Waals surface area contributed by atoms with Crippen LogP contribution in [-0.4, -0.2) is 148 Å². The van der Waals surface area contributed by atoms with Crippen molar-refractivity contribution in [3.8, 4) is 5.75 Å². The van der Waals surface area contributed by atoms with Gasteiger partial charge in [-0.3, -0.25) is 29.3 Å². The maximum atomic E-state index is 12.5. The molecule has 1 radical (unpaired) electrons. The summed E-state index contributed by atoms with van der Waals surface area (Å²) < 4.78 is 26.5. The highest BCUT2D eigenvalue weighted by Gasteiger charge is 2.24. The molecule has 20 heteroatoms. The Morgan fingerprint density at radius 2 is 1.17 bits per heavy atom. The molecule has 3 amide bonds. The molecule has 1 unspecified atom stereocenters. The summed E-state index contributed by atoms with van der Waals surface area (Å²) in [7, 11) is 0. The van der Waals surface area contributed by atoms with Crippen LogP contribution in [0.5, 0.6) is 5.75 Å². The molecule has 0 saturated heterocycles. The predicted octanol–water partition coefficient (Wildman–Crippen LogP) is 0.991. The topological polar surface area (TPSA) is 292 Å². The number of hydrogen-bond acceptors (Lipinski definition) is 14. The summed E-state index contributed by atoms with van der Waals surface area (Å²) in [6.45, 7) is 1.97. The molecule has 1 aromatic carbocycles. The number of carboxylic acids is 3. The summed E-state index contributed by atoms with van der Waals surface area (Å²) in [5.74, 6) is -4.77. The number of aldehydes is 1. The Kier molecular flexibility index (Phi) is 29.9. The summed E-state index contributed by atoms with van der Waals surface area (Å²) in [6, 6.07) is 3.48. The maximum absolute atomic E-state index is 12.5. The Morgan fingerprint density at radius 1 is 0.627 bits per heavy atom. The zero-order chi connectivity index (χ0) is 43.5. The van der Waals surface area contributed by atoms with Crippen molar-refractivity contribution in [1.82, 2.24) is 21.3 Å². The Bertz CT molecular complexity index is 1400. The molecule has 59 heavy (non-hydrogen) atoms. The van der Waals surface area contributed by atoms with Crippen molar-refractivity contribution < 1.29 is 77.4 Å². The van der Waals surface area contributed by atoms with Gasteiger partial charge in [0.25, 0.3) is 0 Å². The first kappa shape index (κ1) is 52.0. The van der Waals surface area contributed by atoms with Crippen LogP contribution < -0.4 is 26.0 Å². The second kappa shape index (κ2) is 33.9. The molecule has 1 rings (SSSR count). The molecule has 0 fully saturated rings. The van der Waals surface area contributed by atoms with Crippen LogP contribution in [0.3, 0.4) is 0 Å². The van der Waals surface area contributed by atoms with E-state index in [1.165, 1.54) is 12.1 Å². The molecule has 3 atom stereocenters. The largest absolute Gasteiger partial charge is 0.494 e. The molecular weight excluding hydrogens is 780 g/mol. The zero-order valence-electron chi connectivity index (χ0n) is 33.3. The average Bonchev–Trinajstić information content (AvgIpc) is 3.21. The first-order valence-electron chi connectivity index (χ1n) is 19.6. The van der Waals surface area contributed by atoms with Crippen LogP contribution in [0.1, 0.15) is 87.4 Å². The average molecular weight is 840 g/mol. The van der Waals surface area contributed by atoms with Crippen LogP contribution in [0.15, 0.2) is 24.3 Å². The quantitative estimate of drug-likeness (QED) is 0.0276. The first-order valence-corrected chi connectivity index (χ1v) is 19.6. The van der Waals surface area contributed by atoms with Gasteiger partial charge in [0.1, 0.15) is 24.4 Å². The third-order valence-electron chi connectivity index (χ3n) is 8.35. The molecule has 331 valence electrons. The molecular formula is C39H59N4O16. The molecule has 0 heterocycles. The monoisotopic (exact) mass is 839 g/mol. The molecule has 0 bridgehead atoms. The lowest BCUT2D eigenvalue weighted by Crippen LogP contribution is -2.44. The SMILES string of the molecule is O=[C]COCCOCCNC(C=O)OCCOCCNC(=O)CC[C@H](NC(=O)CC[C@H](NC(=O)CCCCCCCCCOc1ccc(C(=O)O)cc1)C(=O)O)C(=O)O. The van der Waals surface area contributed by atoms with Gasteiger partial charge < -0.3 is 55.0 Å². The molecule has 0 aromatic heterocycles. The number of aromatic carboxylic acids is 1. The summed E-state index contributed by atoms with van der Waals surface area (Å²) in [5, 5.41) is 38.1. The van der Waals surface area contributed by atoms with E-state index in [0.29, 0.717) is 31.6 Å². The van der Waals surface area contributed by atoms with Crippen molar-refractivity contribution in [1.29, 1.82) is 0 Å². The van der Waals surface area contributed by atoms with Crippen molar-refractivity contribution in [2.24, 2.45) is 0 Å². The highest BCUT2D eigenvalue weighted by molar-refractivity contribution is 5.88. The van der Waals surface area contributed by atoms with Gasteiger partial charge in [0.2, 0.25) is 24.0 Å². The van der Waals surface area contributed by atoms with Crippen molar-refractivity contribution in [2.75, 3.05) is 65.9 Å². The highest BCUT2D eigenvalue weighted by Crippen LogP contribution is 2.14. The smallest absolute Gasteiger partial charge is 0.335 e. The minimum atomic E-state index is -1.40. The number of amides is 3. The van der Waals surface area contributed by atoms with E-state index in [0.717, 1.165) is 38.5 Å². The molecule has 20 nitrogen and oxygen atoms in total. The van der Waals surface area contributed by atoms with Gasteiger partial charge in [-0.15, -0.1) is 0 Å². The van der Waals surface area contributed by atoms with Gasteiger partial charge in [-0.25, -0.2) is 14.4 Å². The van der Waals surface area contributed by atoms with E-state index < -0.39 is 53.9 Å². The number of aliphatic carboxylic acids is 2. The lowest BCUT2D eigenvalue weighted by molar-refractivity contribution is -0.143. The van der Waals surface area contributed by atoms with E-state index in [2.05, 4.69) is 21.3 Å². The molecule has 7 N–H and O–H groups in total. The van der Waals surface area contributed by atoms with E-state index in [1.807, 2.05) is 0 Å². The Hall–Kier alpha value is -5.02. The number of carbonyl (C=O) groups is 7. The summed E-state index contributed by atoms with van der Waals surface area (Å²) in [6.07, 6.45) is 6.31. The number of nitrogens with one attached hydrogen (secondary N) is 4. The number of ether oxygens (including phenoxy) is 5. The minimum absolute atomic E-state index is 0.0833. The Balaban J connectivity index is 2.16. The normalized spacial score (nSPS) is 12.4. The van der Waals surface area contributed by atoms with Crippen molar-refractivity contribution >= 4 is 48.2 Å².